The summed E-state index contributed by atoms with van der Waals surface area (Å²) in [6, 6.07) is 0. The van der Waals surface area contributed by atoms with Gasteiger partial charge in [0.05, 0.1) is 26.4 Å². The van der Waals surface area contributed by atoms with Crippen molar-refractivity contribution < 1.29 is 80.2 Å². The molecule has 0 saturated heterocycles. The normalized spacial score (nSPS) is 14.1. The van der Waals surface area contributed by atoms with E-state index >= 15 is 0 Å². The first-order chi connectivity index (χ1) is 44.9. The number of rotatable bonds is 73. The van der Waals surface area contributed by atoms with Crippen molar-refractivity contribution in [3.05, 3.63) is 0 Å². The van der Waals surface area contributed by atoms with Gasteiger partial charge in [0.2, 0.25) is 0 Å². The molecule has 2 unspecified atom stereocenters. The highest BCUT2D eigenvalue weighted by atomic mass is 31.2. The van der Waals surface area contributed by atoms with Crippen molar-refractivity contribution in [3.8, 4) is 0 Å². The maximum atomic E-state index is 13.1. The van der Waals surface area contributed by atoms with Crippen molar-refractivity contribution in [3.63, 3.8) is 0 Å². The van der Waals surface area contributed by atoms with Crippen molar-refractivity contribution in [1.29, 1.82) is 0 Å². The third kappa shape index (κ3) is 68.4. The molecular weight excluding hydrogens is 1220 g/mol. The summed E-state index contributed by atoms with van der Waals surface area (Å²) in [5.41, 5.74) is 0. The highest BCUT2D eigenvalue weighted by molar-refractivity contribution is 7.47. The summed E-state index contributed by atoms with van der Waals surface area (Å²) in [6.07, 6.45) is 53.1. The van der Waals surface area contributed by atoms with Gasteiger partial charge in [0.1, 0.15) is 19.3 Å². The molecular formula is C74H144O17P2. The van der Waals surface area contributed by atoms with Crippen molar-refractivity contribution in [1.82, 2.24) is 0 Å². The molecule has 0 aromatic carbocycles. The Balaban J connectivity index is 5.13. The second-order valence-electron chi connectivity index (χ2n) is 27.6. The highest BCUT2D eigenvalue weighted by Crippen LogP contribution is 2.45. The van der Waals surface area contributed by atoms with Crippen LogP contribution in [0, 0.1) is 11.8 Å². The van der Waals surface area contributed by atoms with Gasteiger partial charge in [0.15, 0.2) is 12.2 Å². The number of esters is 4. The van der Waals surface area contributed by atoms with Crippen LogP contribution >= 0.6 is 15.6 Å². The summed E-state index contributed by atoms with van der Waals surface area (Å²) in [7, 11) is -9.89. The lowest BCUT2D eigenvalue weighted by atomic mass is 10.0. The molecule has 0 spiro atoms. The lowest BCUT2D eigenvalue weighted by Gasteiger charge is -2.21. The smallest absolute Gasteiger partial charge is 0.462 e. The zero-order valence-electron chi connectivity index (χ0n) is 60.6. The van der Waals surface area contributed by atoms with E-state index in [1.54, 1.807) is 0 Å². The zero-order chi connectivity index (χ0) is 68.6. The van der Waals surface area contributed by atoms with Gasteiger partial charge in [-0.3, -0.25) is 37.3 Å². The SMILES string of the molecule is CCCCCCCCCCC(=O)O[C@H](COC(=O)CCCCCCCCC)COP(=O)(O)OC[C@H](O)COP(=O)(O)OC[C@@H](COC(=O)CCCCCCCCCCCCCCCCC(C)C)OC(=O)CCCCCCCCCCCCCCCCCCCCC(C)C. The molecule has 0 saturated carbocycles. The standard InChI is InChI=1S/C74H144O17P2/c1-7-9-11-13-15-39-46-52-58-73(78)90-69(62-84-71(76)56-50-44-36-14-12-10-8-2)64-88-92(80,81)86-60-68(75)61-87-93(82,83)89-65-70(63-85-72(77)57-51-45-40-34-30-26-23-22-25-29-33-38-43-49-55-67(5)6)91-74(79)59-53-47-41-35-31-27-21-19-17-16-18-20-24-28-32-37-42-48-54-66(3)4/h66-70,75H,7-65H2,1-6H3,(H,80,81)(H,82,83)/t68-,69+,70+/m0/s1. The van der Waals surface area contributed by atoms with Crippen LogP contribution in [0.4, 0.5) is 0 Å². The van der Waals surface area contributed by atoms with Crippen LogP contribution in [0.2, 0.25) is 0 Å². The average molecular weight is 1370 g/mol. The van der Waals surface area contributed by atoms with Gasteiger partial charge in [-0.05, 0) is 37.5 Å². The molecule has 0 aliphatic carbocycles. The summed E-state index contributed by atoms with van der Waals surface area (Å²) < 4.78 is 68.2. The van der Waals surface area contributed by atoms with Gasteiger partial charge in [-0.15, -0.1) is 0 Å². The molecule has 0 aromatic rings. The van der Waals surface area contributed by atoms with Gasteiger partial charge < -0.3 is 33.8 Å². The Kier molecular flexibility index (Phi) is 64.6. The van der Waals surface area contributed by atoms with Crippen molar-refractivity contribution in [2.45, 2.75) is 400 Å². The lowest BCUT2D eigenvalue weighted by molar-refractivity contribution is -0.161. The summed E-state index contributed by atoms with van der Waals surface area (Å²) in [5, 5.41) is 10.6. The number of unbranched alkanes of at least 4 members (excludes halogenated alkanes) is 43. The number of phosphoric ester groups is 2. The zero-order valence-corrected chi connectivity index (χ0v) is 62.3. The molecule has 0 fully saturated rings. The van der Waals surface area contributed by atoms with E-state index in [4.69, 9.17) is 37.0 Å². The summed E-state index contributed by atoms with van der Waals surface area (Å²) in [5.74, 6) is -0.507. The fourth-order valence-corrected chi connectivity index (χ4v) is 12.9. The molecule has 17 nitrogen and oxygen atoms in total. The molecule has 0 aliphatic heterocycles. The minimum absolute atomic E-state index is 0.105. The van der Waals surface area contributed by atoms with E-state index in [0.29, 0.717) is 25.7 Å². The van der Waals surface area contributed by atoms with Gasteiger partial charge in [-0.1, -0.05) is 330 Å². The van der Waals surface area contributed by atoms with Crippen LogP contribution in [-0.2, 0) is 65.4 Å². The molecule has 5 atom stereocenters. The maximum absolute atomic E-state index is 13.1. The number of ether oxygens (including phenoxy) is 4. The lowest BCUT2D eigenvalue weighted by Crippen LogP contribution is -2.30. The number of carbonyl (C=O) groups excluding carboxylic acids is 4. The highest BCUT2D eigenvalue weighted by Gasteiger charge is 2.30. The molecule has 0 rings (SSSR count). The Morgan fingerprint density at radius 2 is 0.495 bits per heavy atom. The Morgan fingerprint density at radius 3 is 0.731 bits per heavy atom. The van der Waals surface area contributed by atoms with Crippen molar-refractivity contribution in [2.24, 2.45) is 11.8 Å². The monoisotopic (exact) mass is 1370 g/mol. The minimum Gasteiger partial charge on any atom is -0.462 e. The summed E-state index contributed by atoms with van der Waals surface area (Å²) >= 11 is 0. The van der Waals surface area contributed by atoms with Gasteiger partial charge >= 0.3 is 39.5 Å². The van der Waals surface area contributed by atoms with E-state index in [0.717, 1.165) is 121 Å². The van der Waals surface area contributed by atoms with E-state index in [9.17, 15) is 43.2 Å². The van der Waals surface area contributed by atoms with Crippen LogP contribution in [0.25, 0.3) is 0 Å². The number of hydrogen-bond acceptors (Lipinski definition) is 15. The summed E-state index contributed by atoms with van der Waals surface area (Å²) in [4.78, 5) is 72.4. The van der Waals surface area contributed by atoms with Crippen LogP contribution in [0.3, 0.4) is 0 Å². The second kappa shape index (κ2) is 66.0. The first-order valence-electron chi connectivity index (χ1n) is 38.5. The molecule has 0 bridgehead atoms. The van der Waals surface area contributed by atoms with Gasteiger partial charge in [-0.25, -0.2) is 9.13 Å². The molecule has 552 valence electrons. The number of aliphatic hydroxyl groups is 1. The molecule has 3 N–H and O–H groups in total. The van der Waals surface area contributed by atoms with Gasteiger partial charge in [-0.2, -0.15) is 0 Å². The number of hydrogen-bond donors (Lipinski definition) is 3. The van der Waals surface area contributed by atoms with Crippen LogP contribution in [-0.4, -0.2) is 96.7 Å². The van der Waals surface area contributed by atoms with Crippen molar-refractivity contribution in [2.75, 3.05) is 39.6 Å². The van der Waals surface area contributed by atoms with Crippen LogP contribution < -0.4 is 0 Å². The molecule has 0 aliphatic rings. The van der Waals surface area contributed by atoms with Gasteiger partial charge in [0.25, 0.3) is 0 Å². The quantitative estimate of drug-likeness (QED) is 0.0222. The second-order valence-corrected chi connectivity index (χ2v) is 30.5. The molecule has 0 amide bonds. The molecule has 0 heterocycles. The van der Waals surface area contributed by atoms with E-state index in [1.165, 1.54) is 180 Å². The van der Waals surface area contributed by atoms with Gasteiger partial charge in [0, 0.05) is 25.7 Å². The fourth-order valence-electron chi connectivity index (χ4n) is 11.3. The molecule has 0 radical (unpaired) electrons. The largest absolute Gasteiger partial charge is 0.472 e. The van der Waals surface area contributed by atoms with E-state index in [-0.39, 0.29) is 25.7 Å². The molecule has 0 aromatic heterocycles. The van der Waals surface area contributed by atoms with E-state index < -0.39 is 97.5 Å². The predicted molar refractivity (Wildman–Crippen MR) is 377 cm³/mol. The van der Waals surface area contributed by atoms with Crippen LogP contribution in [0.15, 0.2) is 0 Å². The topological polar surface area (TPSA) is 237 Å². The Morgan fingerprint density at radius 1 is 0.290 bits per heavy atom. The average Bonchev–Trinajstić information content (AvgIpc) is 1.69. The van der Waals surface area contributed by atoms with Crippen LogP contribution in [0.5, 0.6) is 0 Å². The number of aliphatic hydroxyl groups excluding tert-OH is 1. The Bertz CT molecular complexity index is 1800. The minimum atomic E-state index is -4.95. The van der Waals surface area contributed by atoms with Crippen molar-refractivity contribution >= 4 is 39.5 Å². The Labute approximate surface area is 568 Å². The maximum Gasteiger partial charge on any atom is 0.472 e. The summed E-state index contributed by atoms with van der Waals surface area (Å²) in [6.45, 7) is 9.57. The number of phosphoric acid groups is 2. The fraction of sp³-hybridized carbons (Fsp3) is 0.946. The first-order valence-corrected chi connectivity index (χ1v) is 41.5. The van der Waals surface area contributed by atoms with Crippen LogP contribution in [0.1, 0.15) is 382 Å². The number of carbonyl (C=O) groups is 4. The Hall–Kier alpha value is -1.94. The molecule has 19 heteroatoms. The predicted octanol–water partition coefficient (Wildman–Crippen LogP) is 21.6. The third-order valence-corrected chi connectivity index (χ3v) is 19.1. The molecule has 93 heavy (non-hydrogen) atoms. The van der Waals surface area contributed by atoms with E-state index in [2.05, 4.69) is 41.5 Å². The van der Waals surface area contributed by atoms with E-state index in [1.807, 2.05) is 0 Å². The first kappa shape index (κ1) is 91.1. The third-order valence-electron chi connectivity index (χ3n) is 17.2.